The van der Waals surface area contributed by atoms with E-state index in [0.717, 1.165) is 24.0 Å². The van der Waals surface area contributed by atoms with E-state index in [-0.39, 0.29) is 22.9 Å². The first kappa shape index (κ1) is 21.4. The molecule has 0 spiro atoms. The fourth-order valence-electron chi connectivity index (χ4n) is 3.45. The molecule has 0 N–H and O–H groups in total. The number of benzene rings is 1. The molecular weight excluding hydrogens is 507 g/mol. The van der Waals surface area contributed by atoms with Gasteiger partial charge in [-0.2, -0.15) is 0 Å². The minimum atomic E-state index is -1.55. The Balaban J connectivity index is 2.30. The Morgan fingerprint density at radius 2 is 1.19 bits per heavy atom. The zero-order valence-electron chi connectivity index (χ0n) is 16.3. The molecule has 0 saturated carbocycles. The van der Waals surface area contributed by atoms with E-state index in [1.807, 2.05) is 0 Å². The minimum Gasteiger partial charge on any atom is -0.288 e. The highest BCUT2D eigenvalue weighted by Gasteiger charge is 2.46. The van der Waals surface area contributed by atoms with Gasteiger partial charge in [-0.1, -0.05) is 53.7 Å². The van der Waals surface area contributed by atoms with Gasteiger partial charge in [0.1, 0.15) is 0 Å². The van der Waals surface area contributed by atoms with Crippen molar-refractivity contribution in [2.45, 2.75) is 59.3 Å². The van der Waals surface area contributed by atoms with Gasteiger partial charge in [-0.05, 0) is 71.6 Å². The van der Waals surface area contributed by atoms with E-state index in [0.29, 0.717) is 17.0 Å². The lowest BCUT2D eigenvalue weighted by Crippen LogP contribution is -2.22. The van der Waals surface area contributed by atoms with Crippen molar-refractivity contribution in [1.29, 1.82) is 0 Å². The number of carbonyl (C=O) groups is 2. The fourth-order valence-corrected chi connectivity index (χ4v) is 9.69. The number of rotatable bonds is 4. The number of fused-ring (bicyclic) bond motifs is 1. The zero-order valence-corrected chi connectivity index (χ0v) is 21.2. The van der Waals surface area contributed by atoms with Crippen molar-refractivity contribution in [2.75, 3.05) is 0 Å². The first-order valence-electron chi connectivity index (χ1n) is 9.10. The third kappa shape index (κ3) is 3.54. The molecule has 1 aromatic carbocycles. The highest BCUT2D eigenvalue weighted by Crippen LogP contribution is 2.57. The predicted octanol–water partition coefficient (Wildman–Crippen LogP) is 7.74. The first-order chi connectivity index (χ1) is 12.6. The Kier molecular flexibility index (Phi) is 6.18. The number of hydrogen-bond acceptors (Lipinski definition) is 3. The molecule has 0 atom stereocenters. The molecule has 0 fully saturated rings. The number of thiophene rings is 1. The topological polar surface area (TPSA) is 34.1 Å². The van der Waals surface area contributed by atoms with Crippen LogP contribution in [0.1, 0.15) is 96.7 Å². The van der Waals surface area contributed by atoms with Crippen molar-refractivity contribution in [3.05, 3.63) is 47.5 Å². The van der Waals surface area contributed by atoms with Crippen LogP contribution in [0.25, 0.3) is 0 Å². The summed E-state index contributed by atoms with van der Waals surface area (Å²) in [5, 5.41) is 0.995. The smallest absolute Gasteiger partial charge is 0.199 e. The third-order valence-corrected chi connectivity index (χ3v) is 9.74. The standard InChI is InChI=1S/C21H23Br2O2PS/c1-9(2)12-7-13(10(3)4)17(14(8-12)11(5)6)26-20(24)15-16(21(26)25)19(23)27-18(15)22/h7-11H,1-6H3. The molecule has 144 valence electrons. The molecule has 0 radical (unpaired) electrons. The van der Waals surface area contributed by atoms with E-state index in [4.69, 9.17) is 0 Å². The van der Waals surface area contributed by atoms with E-state index in [2.05, 4.69) is 85.5 Å². The first-order valence-corrected chi connectivity index (χ1v) is 12.8. The van der Waals surface area contributed by atoms with E-state index < -0.39 is 7.92 Å². The van der Waals surface area contributed by atoms with Crippen LogP contribution in [-0.2, 0) is 0 Å². The second-order valence-corrected chi connectivity index (χ2v) is 13.4. The van der Waals surface area contributed by atoms with Crippen LogP contribution in [0, 0.1) is 0 Å². The van der Waals surface area contributed by atoms with Gasteiger partial charge in [0.15, 0.2) is 11.0 Å². The Morgan fingerprint density at radius 1 is 0.778 bits per heavy atom. The van der Waals surface area contributed by atoms with Crippen LogP contribution >= 0.6 is 51.1 Å². The molecule has 6 heteroatoms. The number of carbonyl (C=O) groups excluding carboxylic acids is 2. The van der Waals surface area contributed by atoms with Crippen LogP contribution in [0.15, 0.2) is 19.7 Å². The zero-order chi connectivity index (χ0) is 20.2. The van der Waals surface area contributed by atoms with Gasteiger partial charge in [0.2, 0.25) is 0 Å². The highest BCUT2D eigenvalue weighted by atomic mass is 79.9. The summed E-state index contributed by atoms with van der Waals surface area (Å²) in [6.07, 6.45) is 0. The molecule has 1 aromatic heterocycles. The Labute approximate surface area is 183 Å². The largest absolute Gasteiger partial charge is 0.288 e. The van der Waals surface area contributed by atoms with Gasteiger partial charge in [0, 0.05) is 0 Å². The molecule has 2 heterocycles. The quantitative estimate of drug-likeness (QED) is 0.379. The van der Waals surface area contributed by atoms with Crippen molar-refractivity contribution in [2.24, 2.45) is 0 Å². The van der Waals surface area contributed by atoms with Gasteiger partial charge >= 0.3 is 0 Å². The molecule has 0 bridgehead atoms. The van der Waals surface area contributed by atoms with Crippen molar-refractivity contribution in [3.8, 4) is 0 Å². The van der Waals surface area contributed by atoms with E-state index in [1.54, 1.807) is 0 Å². The van der Waals surface area contributed by atoms with Crippen LogP contribution in [0.3, 0.4) is 0 Å². The molecule has 0 unspecified atom stereocenters. The highest BCUT2D eigenvalue weighted by molar-refractivity contribution is 9.12. The van der Waals surface area contributed by atoms with Crippen LogP contribution in [-0.4, -0.2) is 11.0 Å². The van der Waals surface area contributed by atoms with Crippen LogP contribution in [0.4, 0.5) is 0 Å². The maximum atomic E-state index is 13.4. The lowest BCUT2D eigenvalue weighted by molar-refractivity contribution is 0.107. The van der Waals surface area contributed by atoms with Gasteiger partial charge in [-0.15, -0.1) is 11.3 Å². The molecule has 27 heavy (non-hydrogen) atoms. The summed E-state index contributed by atoms with van der Waals surface area (Å²) in [5.74, 6) is 0.911. The Hall–Kier alpha value is -0.350. The summed E-state index contributed by atoms with van der Waals surface area (Å²) in [5.41, 5.74) is 4.69. The van der Waals surface area contributed by atoms with Crippen LogP contribution in [0.5, 0.6) is 0 Å². The fraction of sp³-hybridized carbons (Fsp3) is 0.429. The van der Waals surface area contributed by atoms with Gasteiger partial charge in [0.05, 0.1) is 26.6 Å². The molecule has 1 aliphatic rings. The summed E-state index contributed by atoms with van der Waals surface area (Å²) in [6.45, 7) is 13.0. The van der Waals surface area contributed by atoms with Gasteiger partial charge < -0.3 is 0 Å². The lowest BCUT2D eigenvalue weighted by atomic mass is 9.89. The summed E-state index contributed by atoms with van der Waals surface area (Å²) in [4.78, 5) is 26.7. The van der Waals surface area contributed by atoms with E-state index in [1.165, 1.54) is 16.9 Å². The second-order valence-electron chi connectivity index (χ2n) is 7.86. The number of halogens is 2. The maximum Gasteiger partial charge on any atom is 0.199 e. The average molecular weight is 530 g/mol. The molecular formula is C21H23Br2O2PS. The molecule has 0 aliphatic carbocycles. The second kappa shape index (κ2) is 7.82. The molecule has 1 aliphatic heterocycles. The minimum absolute atomic E-state index is 0.0140. The summed E-state index contributed by atoms with van der Waals surface area (Å²) in [6, 6.07) is 4.43. The van der Waals surface area contributed by atoms with Crippen molar-refractivity contribution in [3.63, 3.8) is 0 Å². The summed E-state index contributed by atoms with van der Waals surface area (Å²) >= 11 is 8.38. The van der Waals surface area contributed by atoms with Gasteiger partial charge in [0.25, 0.3) is 0 Å². The SMILES string of the molecule is CC(C)c1cc(C(C)C)c(P2C(=O)c3c(Br)sc(Br)c3C2=O)c(C(C)C)c1. The Bertz CT molecular complexity index is 878. The lowest BCUT2D eigenvalue weighted by Gasteiger charge is -2.25. The Morgan fingerprint density at radius 3 is 1.52 bits per heavy atom. The van der Waals surface area contributed by atoms with Crippen LogP contribution in [0.2, 0.25) is 0 Å². The van der Waals surface area contributed by atoms with E-state index >= 15 is 0 Å². The average Bonchev–Trinajstić information content (AvgIpc) is 3.01. The molecule has 3 rings (SSSR count). The third-order valence-electron chi connectivity index (χ3n) is 4.98. The van der Waals surface area contributed by atoms with Crippen LogP contribution < -0.4 is 5.30 Å². The van der Waals surface area contributed by atoms with Crippen molar-refractivity contribution < 1.29 is 9.59 Å². The monoisotopic (exact) mass is 528 g/mol. The van der Waals surface area contributed by atoms with Gasteiger partial charge in [-0.3, -0.25) is 9.59 Å². The van der Waals surface area contributed by atoms with Crippen molar-refractivity contribution in [1.82, 2.24) is 0 Å². The summed E-state index contributed by atoms with van der Waals surface area (Å²) in [7, 11) is -1.55. The maximum absolute atomic E-state index is 13.4. The molecule has 2 nitrogen and oxygen atoms in total. The number of hydrogen-bond donors (Lipinski definition) is 0. The summed E-state index contributed by atoms with van der Waals surface area (Å²) < 4.78 is 1.51. The molecule has 0 amide bonds. The van der Waals surface area contributed by atoms with E-state index in [9.17, 15) is 9.59 Å². The normalized spacial score (nSPS) is 14.9. The van der Waals surface area contributed by atoms with Crippen molar-refractivity contribution >= 4 is 67.5 Å². The molecule has 2 aromatic rings. The predicted molar refractivity (Wildman–Crippen MR) is 124 cm³/mol. The molecule has 0 saturated heterocycles. The van der Waals surface area contributed by atoms with Gasteiger partial charge in [-0.25, -0.2) is 0 Å².